The van der Waals surface area contributed by atoms with Crippen LogP contribution in [-0.4, -0.2) is 22.2 Å². The Hall–Kier alpha value is -1.84. The minimum Gasteiger partial charge on any atom is -0.478 e. The minimum atomic E-state index is -1.26. The SMILES string of the molecule is C=CCCC=C.O=C(O)/C=C/C(=O)O. The third kappa shape index (κ3) is 22.5. The highest BCUT2D eigenvalue weighted by Crippen LogP contribution is 1.86. The van der Waals surface area contributed by atoms with E-state index in [2.05, 4.69) is 13.2 Å². The predicted molar refractivity (Wildman–Crippen MR) is 54.0 cm³/mol. The predicted octanol–water partition coefficient (Wildman–Crippen LogP) is 1.85. The van der Waals surface area contributed by atoms with Crippen molar-refractivity contribution in [1.29, 1.82) is 0 Å². The summed E-state index contributed by atoms with van der Waals surface area (Å²) in [5.41, 5.74) is 0. The second-order valence-corrected chi connectivity index (χ2v) is 2.16. The van der Waals surface area contributed by atoms with Crippen molar-refractivity contribution in [3.8, 4) is 0 Å². The van der Waals surface area contributed by atoms with E-state index in [1.807, 2.05) is 12.2 Å². The van der Waals surface area contributed by atoms with Gasteiger partial charge in [-0.2, -0.15) is 0 Å². The molecule has 0 bridgehead atoms. The van der Waals surface area contributed by atoms with E-state index < -0.39 is 11.9 Å². The third-order valence-corrected chi connectivity index (χ3v) is 0.943. The van der Waals surface area contributed by atoms with Crippen LogP contribution in [0, 0.1) is 0 Å². The van der Waals surface area contributed by atoms with Crippen LogP contribution in [0.2, 0.25) is 0 Å². The van der Waals surface area contributed by atoms with E-state index in [0.29, 0.717) is 12.2 Å². The average molecular weight is 198 g/mol. The van der Waals surface area contributed by atoms with Crippen molar-refractivity contribution in [1.82, 2.24) is 0 Å². The number of rotatable bonds is 5. The highest BCUT2D eigenvalue weighted by molar-refractivity contribution is 5.89. The van der Waals surface area contributed by atoms with E-state index in [1.54, 1.807) is 0 Å². The number of hydrogen-bond acceptors (Lipinski definition) is 2. The standard InChI is InChI=1S/C6H10.C4H4O4/c1-3-5-6-4-2;5-3(6)1-2-4(7)8/h3-4H,1-2,5-6H2;1-2H,(H,5,6)(H,7,8)/b;2-1+. The number of unbranched alkanes of at least 4 members (excludes halogenated alkanes) is 1. The molecule has 0 rings (SSSR count). The van der Waals surface area contributed by atoms with Crippen molar-refractivity contribution in [2.24, 2.45) is 0 Å². The fourth-order valence-electron chi connectivity index (χ4n) is 0.378. The van der Waals surface area contributed by atoms with E-state index >= 15 is 0 Å². The van der Waals surface area contributed by atoms with E-state index in [-0.39, 0.29) is 0 Å². The van der Waals surface area contributed by atoms with Crippen molar-refractivity contribution in [3.05, 3.63) is 37.5 Å². The molecule has 0 aliphatic rings. The van der Waals surface area contributed by atoms with E-state index in [4.69, 9.17) is 10.2 Å². The summed E-state index contributed by atoms with van der Waals surface area (Å²) in [6, 6.07) is 0. The Morgan fingerprint density at radius 2 is 1.21 bits per heavy atom. The van der Waals surface area contributed by atoms with Crippen LogP contribution in [0.1, 0.15) is 12.8 Å². The second kappa shape index (κ2) is 11.2. The number of carboxylic acids is 2. The number of carbonyl (C=O) groups is 2. The summed E-state index contributed by atoms with van der Waals surface area (Å²) in [6.07, 6.45) is 7.01. The lowest BCUT2D eigenvalue weighted by Gasteiger charge is -1.76. The van der Waals surface area contributed by atoms with Gasteiger partial charge in [0.1, 0.15) is 0 Å². The molecule has 0 saturated carbocycles. The van der Waals surface area contributed by atoms with Crippen LogP contribution in [0.15, 0.2) is 37.5 Å². The van der Waals surface area contributed by atoms with Crippen LogP contribution >= 0.6 is 0 Å². The molecule has 0 aromatic carbocycles. The Balaban J connectivity index is 0. The molecular weight excluding hydrogens is 184 g/mol. The summed E-state index contributed by atoms with van der Waals surface area (Å²) in [5, 5.41) is 15.6. The minimum absolute atomic E-state index is 0.558. The van der Waals surface area contributed by atoms with Gasteiger partial charge < -0.3 is 10.2 Å². The fourth-order valence-corrected chi connectivity index (χ4v) is 0.378. The molecule has 2 N–H and O–H groups in total. The molecule has 0 spiro atoms. The van der Waals surface area contributed by atoms with Crippen LogP contribution in [0.3, 0.4) is 0 Å². The molecule has 0 aromatic heterocycles. The molecule has 0 unspecified atom stereocenters. The van der Waals surface area contributed by atoms with Crippen molar-refractivity contribution in [2.45, 2.75) is 12.8 Å². The van der Waals surface area contributed by atoms with Gasteiger partial charge in [0.2, 0.25) is 0 Å². The monoisotopic (exact) mass is 198 g/mol. The van der Waals surface area contributed by atoms with Crippen LogP contribution < -0.4 is 0 Å². The first-order valence-electron chi connectivity index (χ1n) is 3.90. The summed E-state index contributed by atoms with van der Waals surface area (Å²) >= 11 is 0. The lowest BCUT2D eigenvalue weighted by Crippen LogP contribution is -1.91. The zero-order chi connectivity index (χ0) is 11.4. The summed E-state index contributed by atoms with van der Waals surface area (Å²) < 4.78 is 0. The first-order valence-corrected chi connectivity index (χ1v) is 3.90. The molecule has 0 atom stereocenters. The molecule has 78 valence electrons. The average Bonchev–Trinajstić information content (AvgIpc) is 2.12. The largest absolute Gasteiger partial charge is 0.478 e. The maximum atomic E-state index is 9.55. The van der Waals surface area contributed by atoms with Gasteiger partial charge in [0.15, 0.2) is 0 Å². The van der Waals surface area contributed by atoms with Gasteiger partial charge in [0.25, 0.3) is 0 Å². The zero-order valence-electron chi connectivity index (χ0n) is 7.85. The summed E-state index contributed by atoms with van der Waals surface area (Å²) in [7, 11) is 0. The maximum Gasteiger partial charge on any atom is 0.328 e. The molecule has 0 saturated heterocycles. The number of allylic oxidation sites excluding steroid dienone is 2. The molecule has 0 aliphatic heterocycles. The Bertz CT molecular complexity index is 204. The van der Waals surface area contributed by atoms with Crippen LogP contribution in [-0.2, 0) is 9.59 Å². The quantitative estimate of drug-likeness (QED) is 0.401. The Labute approximate surface area is 82.9 Å². The van der Waals surface area contributed by atoms with Gasteiger partial charge in [-0.1, -0.05) is 12.2 Å². The van der Waals surface area contributed by atoms with Gasteiger partial charge >= 0.3 is 11.9 Å². The topological polar surface area (TPSA) is 74.6 Å². The zero-order valence-corrected chi connectivity index (χ0v) is 7.85. The van der Waals surface area contributed by atoms with Gasteiger partial charge in [-0.15, -0.1) is 13.2 Å². The molecular formula is C10H14O4. The van der Waals surface area contributed by atoms with Crippen molar-refractivity contribution >= 4 is 11.9 Å². The molecule has 0 radical (unpaired) electrons. The highest BCUT2D eigenvalue weighted by Gasteiger charge is 1.88. The molecule has 0 heterocycles. The van der Waals surface area contributed by atoms with Gasteiger partial charge in [0, 0.05) is 12.2 Å². The Morgan fingerprint density at radius 1 is 0.929 bits per heavy atom. The summed E-state index contributed by atoms with van der Waals surface area (Å²) in [4.78, 5) is 19.1. The van der Waals surface area contributed by atoms with E-state index in [9.17, 15) is 9.59 Å². The van der Waals surface area contributed by atoms with Gasteiger partial charge in [0.05, 0.1) is 0 Å². The molecule has 4 nitrogen and oxygen atoms in total. The molecule has 0 aliphatic carbocycles. The highest BCUT2D eigenvalue weighted by atomic mass is 16.4. The Morgan fingerprint density at radius 3 is 1.36 bits per heavy atom. The van der Waals surface area contributed by atoms with Crippen molar-refractivity contribution < 1.29 is 19.8 Å². The molecule has 4 heteroatoms. The van der Waals surface area contributed by atoms with Crippen molar-refractivity contribution in [3.63, 3.8) is 0 Å². The lowest BCUT2D eigenvalue weighted by molar-refractivity contribution is -0.134. The van der Waals surface area contributed by atoms with E-state index in [0.717, 1.165) is 12.8 Å². The molecule has 0 amide bonds. The smallest absolute Gasteiger partial charge is 0.328 e. The van der Waals surface area contributed by atoms with Crippen LogP contribution in [0.5, 0.6) is 0 Å². The number of aliphatic carboxylic acids is 2. The van der Waals surface area contributed by atoms with Crippen molar-refractivity contribution in [2.75, 3.05) is 0 Å². The number of carboxylic acid groups (broad SMARTS) is 2. The maximum absolute atomic E-state index is 9.55. The lowest BCUT2D eigenvalue weighted by atomic mass is 10.3. The summed E-state index contributed by atoms with van der Waals surface area (Å²) in [5.74, 6) is -2.51. The first kappa shape index (κ1) is 14.7. The third-order valence-electron chi connectivity index (χ3n) is 0.943. The van der Waals surface area contributed by atoms with Gasteiger partial charge in [-0.05, 0) is 12.8 Å². The first-order chi connectivity index (χ1) is 6.54. The normalized spacial score (nSPS) is 8.57. The fraction of sp³-hybridized carbons (Fsp3) is 0.200. The van der Waals surface area contributed by atoms with E-state index in [1.165, 1.54) is 0 Å². The second-order valence-electron chi connectivity index (χ2n) is 2.16. The molecule has 14 heavy (non-hydrogen) atoms. The van der Waals surface area contributed by atoms with Gasteiger partial charge in [-0.3, -0.25) is 0 Å². The molecule has 0 fully saturated rings. The van der Waals surface area contributed by atoms with Gasteiger partial charge in [-0.25, -0.2) is 9.59 Å². The number of hydrogen-bond donors (Lipinski definition) is 2. The van der Waals surface area contributed by atoms with Crippen LogP contribution in [0.4, 0.5) is 0 Å². The van der Waals surface area contributed by atoms with Crippen LogP contribution in [0.25, 0.3) is 0 Å². The Kier molecular flexibility index (Phi) is 11.7. The summed E-state index contributed by atoms with van der Waals surface area (Å²) in [6.45, 7) is 7.10. The molecule has 0 aromatic rings.